The van der Waals surface area contributed by atoms with Crippen molar-refractivity contribution in [2.75, 3.05) is 19.8 Å². The number of nitrogens with one attached hydrogen (secondary N) is 1. The summed E-state index contributed by atoms with van der Waals surface area (Å²) in [6.45, 7) is 12.0. The van der Waals surface area contributed by atoms with Gasteiger partial charge in [0.1, 0.15) is 0 Å². The van der Waals surface area contributed by atoms with E-state index in [1.165, 1.54) is 6.42 Å². The Hall–Kier alpha value is -0.0800. The fourth-order valence-electron chi connectivity index (χ4n) is 1.83. The number of ether oxygens (including phenoxy) is 1. The molecule has 0 spiro atoms. The summed E-state index contributed by atoms with van der Waals surface area (Å²) in [4.78, 5) is 0. The first kappa shape index (κ1) is 11.0. The Morgan fingerprint density at radius 3 is 2.38 bits per heavy atom. The van der Waals surface area contributed by atoms with E-state index in [1.807, 2.05) is 0 Å². The highest BCUT2D eigenvalue weighted by molar-refractivity contribution is 4.88. The standard InChI is InChI=1S/C11H23NO/c1-9(2)11(5-6-13-8-11)7-12-10(3)4/h9-10,12H,5-8H2,1-4H3. The monoisotopic (exact) mass is 185 g/mol. The average Bonchev–Trinajstić information content (AvgIpc) is 2.50. The molecule has 1 unspecified atom stereocenters. The van der Waals surface area contributed by atoms with E-state index in [-0.39, 0.29) is 0 Å². The molecule has 0 aromatic heterocycles. The van der Waals surface area contributed by atoms with Crippen LogP contribution in [-0.2, 0) is 4.74 Å². The van der Waals surface area contributed by atoms with E-state index < -0.39 is 0 Å². The highest BCUT2D eigenvalue weighted by atomic mass is 16.5. The lowest BCUT2D eigenvalue weighted by Gasteiger charge is -2.32. The molecule has 1 atom stereocenters. The van der Waals surface area contributed by atoms with Crippen LogP contribution in [0, 0.1) is 11.3 Å². The molecule has 0 amide bonds. The van der Waals surface area contributed by atoms with E-state index in [0.29, 0.717) is 17.4 Å². The fourth-order valence-corrected chi connectivity index (χ4v) is 1.83. The molecule has 1 rings (SSSR count). The smallest absolute Gasteiger partial charge is 0.0537 e. The maximum absolute atomic E-state index is 5.51. The van der Waals surface area contributed by atoms with Gasteiger partial charge in [0.25, 0.3) is 0 Å². The highest BCUT2D eigenvalue weighted by Gasteiger charge is 2.37. The largest absolute Gasteiger partial charge is 0.381 e. The lowest BCUT2D eigenvalue weighted by Crippen LogP contribution is -2.41. The van der Waals surface area contributed by atoms with Crippen molar-refractivity contribution in [2.24, 2.45) is 11.3 Å². The quantitative estimate of drug-likeness (QED) is 0.723. The van der Waals surface area contributed by atoms with Crippen LogP contribution in [-0.4, -0.2) is 25.8 Å². The summed E-state index contributed by atoms with van der Waals surface area (Å²) < 4.78 is 5.51. The number of rotatable bonds is 4. The Labute approximate surface area is 82.0 Å². The van der Waals surface area contributed by atoms with Crippen LogP contribution in [0.4, 0.5) is 0 Å². The molecule has 0 saturated carbocycles. The summed E-state index contributed by atoms with van der Waals surface area (Å²) in [5.74, 6) is 0.709. The molecule has 1 fully saturated rings. The Morgan fingerprint density at radius 1 is 1.31 bits per heavy atom. The van der Waals surface area contributed by atoms with E-state index in [1.54, 1.807) is 0 Å². The molecular formula is C11H23NO. The van der Waals surface area contributed by atoms with Gasteiger partial charge >= 0.3 is 0 Å². The van der Waals surface area contributed by atoms with Gasteiger partial charge in [0.2, 0.25) is 0 Å². The minimum atomic E-state index is 0.393. The van der Waals surface area contributed by atoms with Crippen LogP contribution in [0.5, 0.6) is 0 Å². The van der Waals surface area contributed by atoms with E-state index in [0.717, 1.165) is 19.8 Å². The molecule has 1 N–H and O–H groups in total. The zero-order valence-electron chi connectivity index (χ0n) is 9.39. The third kappa shape index (κ3) is 2.68. The molecule has 2 nitrogen and oxygen atoms in total. The Balaban J connectivity index is 2.47. The van der Waals surface area contributed by atoms with Gasteiger partial charge in [-0.2, -0.15) is 0 Å². The number of hydrogen-bond donors (Lipinski definition) is 1. The summed E-state index contributed by atoms with van der Waals surface area (Å²) in [6.07, 6.45) is 1.21. The second-order valence-corrected chi connectivity index (χ2v) is 4.86. The maximum Gasteiger partial charge on any atom is 0.0537 e. The molecule has 1 aliphatic heterocycles. The molecule has 0 aliphatic carbocycles. The highest BCUT2D eigenvalue weighted by Crippen LogP contribution is 2.35. The van der Waals surface area contributed by atoms with E-state index in [9.17, 15) is 0 Å². The maximum atomic E-state index is 5.51. The molecule has 2 heteroatoms. The van der Waals surface area contributed by atoms with Gasteiger partial charge in [-0.1, -0.05) is 27.7 Å². The normalized spacial score (nSPS) is 29.1. The van der Waals surface area contributed by atoms with Gasteiger partial charge in [-0.25, -0.2) is 0 Å². The van der Waals surface area contributed by atoms with Gasteiger partial charge in [-0.05, 0) is 12.3 Å². The van der Waals surface area contributed by atoms with Crippen LogP contribution in [0.3, 0.4) is 0 Å². The third-order valence-corrected chi connectivity index (χ3v) is 3.22. The first-order valence-electron chi connectivity index (χ1n) is 5.38. The van der Waals surface area contributed by atoms with E-state index >= 15 is 0 Å². The summed E-state index contributed by atoms with van der Waals surface area (Å²) >= 11 is 0. The fraction of sp³-hybridized carbons (Fsp3) is 1.00. The molecular weight excluding hydrogens is 162 g/mol. The minimum absolute atomic E-state index is 0.393. The van der Waals surface area contributed by atoms with Crippen molar-refractivity contribution >= 4 is 0 Å². The van der Waals surface area contributed by atoms with Crippen LogP contribution < -0.4 is 5.32 Å². The summed E-state index contributed by atoms with van der Waals surface area (Å²) in [6, 6.07) is 0.580. The van der Waals surface area contributed by atoms with Crippen molar-refractivity contribution in [1.29, 1.82) is 0 Å². The zero-order chi connectivity index (χ0) is 9.90. The topological polar surface area (TPSA) is 21.3 Å². The van der Waals surface area contributed by atoms with Crippen molar-refractivity contribution in [3.05, 3.63) is 0 Å². The van der Waals surface area contributed by atoms with Gasteiger partial charge in [0, 0.05) is 24.6 Å². The van der Waals surface area contributed by atoms with Crippen LogP contribution in [0.25, 0.3) is 0 Å². The van der Waals surface area contributed by atoms with Crippen molar-refractivity contribution in [2.45, 2.75) is 40.2 Å². The predicted molar refractivity (Wildman–Crippen MR) is 55.8 cm³/mol. The summed E-state index contributed by atoms with van der Waals surface area (Å²) in [7, 11) is 0. The molecule has 0 aromatic rings. The molecule has 78 valence electrons. The lowest BCUT2D eigenvalue weighted by molar-refractivity contribution is 0.116. The Kier molecular flexibility index (Phi) is 3.74. The van der Waals surface area contributed by atoms with Gasteiger partial charge in [0.15, 0.2) is 0 Å². The summed E-state index contributed by atoms with van der Waals surface area (Å²) in [5.41, 5.74) is 0.393. The molecule has 0 radical (unpaired) electrons. The predicted octanol–water partition coefficient (Wildman–Crippen LogP) is 2.05. The van der Waals surface area contributed by atoms with Crippen molar-refractivity contribution < 1.29 is 4.74 Å². The first-order chi connectivity index (χ1) is 6.07. The van der Waals surface area contributed by atoms with Gasteiger partial charge < -0.3 is 10.1 Å². The van der Waals surface area contributed by atoms with Crippen LogP contribution in [0.1, 0.15) is 34.1 Å². The van der Waals surface area contributed by atoms with Crippen LogP contribution in [0.15, 0.2) is 0 Å². The van der Waals surface area contributed by atoms with Gasteiger partial charge in [0.05, 0.1) is 6.61 Å². The third-order valence-electron chi connectivity index (χ3n) is 3.22. The van der Waals surface area contributed by atoms with Gasteiger partial charge in [-0.3, -0.25) is 0 Å². The van der Waals surface area contributed by atoms with E-state index in [2.05, 4.69) is 33.0 Å². The molecule has 1 heterocycles. The zero-order valence-corrected chi connectivity index (χ0v) is 9.39. The first-order valence-corrected chi connectivity index (χ1v) is 5.38. The van der Waals surface area contributed by atoms with Crippen molar-refractivity contribution in [3.8, 4) is 0 Å². The van der Waals surface area contributed by atoms with Crippen molar-refractivity contribution in [3.63, 3.8) is 0 Å². The molecule has 0 aromatic carbocycles. The summed E-state index contributed by atoms with van der Waals surface area (Å²) in [5, 5.41) is 3.53. The van der Waals surface area contributed by atoms with Crippen LogP contribution in [0.2, 0.25) is 0 Å². The van der Waals surface area contributed by atoms with Crippen molar-refractivity contribution in [1.82, 2.24) is 5.32 Å². The van der Waals surface area contributed by atoms with E-state index in [4.69, 9.17) is 4.74 Å². The Bertz CT molecular complexity index is 148. The molecule has 13 heavy (non-hydrogen) atoms. The molecule has 1 saturated heterocycles. The molecule has 1 aliphatic rings. The SMILES string of the molecule is CC(C)NCC1(C(C)C)CCOC1. The van der Waals surface area contributed by atoms with Gasteiger partial charge in [-0.15, -0.1) is 0 Å². The molecule has 0 bridgehead atoms. The average molecular weight is 185 g/mol. The lowest BCUT2D eigenvalue weighted by atomic mass is 9.76. The Morgan fingerprint density at radius 2 is 2.00 bits per heavy atom. The minimum Gasteiger partial charge on any atom is -0.381 e. The second-order valence-electron chi connectivity index (χ2n) is 4.86. The van der Waals surface area contributed by atoms with Crippen LogP contribution >= 0.6 is 0 Å². The number of hydrogen-bond acceptors (Lipinski definition) is 2. The second kappa shape index (κ2) is 4.43.